The molecule has 5 N–H and O–H groups in total. The topological polar surface area (TPSA) is 108 Å². The van der Waals surface area contributed by atoms with E-state index in [-0.39, 0.29) is 23.8 Å². The van der Waals surface area contributed by atoms with Crippen LogP contribution in [0.15, 0.2) is 35.9 Å². The molecule has 3 heterocycles. The number of hydrogen-bond acceptors (Lipinski definition) is 6. The van der Waals surface area contributed by atoms with Crippen LogP contribution in [0, 0.1) is 11.3 Å². The predicted octanol–water partition coefficient (Wildman–Crippen LogP) is 3.34. The molecule has 2 bridgehead atoms. The third-order valence-electron chi connectivity index (χ3n) is 10.5. The highest BCUT2D eigenvalue weighted by Gasteiger charge is 2.76. The van der Waals surface area contributed by atoms with E-state index in [1.807, 2.05) is 25.1 Å². The number of nitrogens with two attached hydrogens (primary N) is 1. The molecular formula is C28H35FN4O3. The van der Waals surface area contributed by atoms with Gasteiger partial charge in [-0.1, -0.05) is 25.1 Å². The van der Waals surface area contributed by atoms with Crippen LogP contribution in [0.5, 0.6) is 0 Å². The molecule has 7 nitrogen and oxygen atoms in total. The second-order valence-electron chi connectivity index (χ2n) is 12.3. The molecule has 8 atom stereocenters. The summed E-state index contributed by atoms with van der Waals surface area (Å²) in [7, 11) is 3.74. The Bertz CT molecular complexity index is 1340. The fourth-order valence-electron chi connectivity index (χ4n) is 8.63. The van der Waals surface area contributed by atoms with Crippen molar-refractivity contribution in [2.24, 2.45) is 11.3 Å². The van der Waals surface area contributed by atoms with Gasteiger partial charge in [0, 0.05) is 23.8 Å². The van der Waals surface area contributed by atoms with Crippen molar-refractivity contribution in [3.63, 3.8) is 0 Å². The van der Waals surface area contributed by atoms with Gasteiger partial charge >= 0.3 is 0 Å². The lowest BCUT2D eigenvalue weighted by atomic mass is 9.56. The highest BCUT2D eigenvalue weighted by molar-refractivity contribution is 5.84. The molecule has 8 heteroatoms. The van der Waals surface area contributed by atoms with Gasteiger partial charge in [0.25, 0.3) is 0 Å². The normalized spacial score (nSPS) is 45.3. The van der Waals surface area contributed by atoms with Gasteiger partial charge in [0.2, 0.25) is 0 Å². The van der Waals surface area contributed by atoms with Crippen LogP contribution in [-0.2, 0) is 4.74 Å². The van der Waals surface area contributed by atoms with Crippen molar-refractivity contribution >= 4 is 22.6 Å². The molecule has 2 aromatic rings. The minimum Gasteiger partial charge on any atom is -0.389 e. The summed E-state index contributed by atoms with van der Waals surface area (Å²) in [5.41, 5.74) is 7.29. The molecule has 2 aliphatic heterocycles. The van der Waals surface area contributed by atoms with Gasteiger partial charge in [0.1, 0.15) is 11.7 Å². The van der Waals surface area contributed by atoms with E-state index in [2.05, 4.69) is 41.2 Å². The zero-order chi connectivity index (χ0) is 25.3. The predicted molar refractivity (Wildman–Crippen MR) is 136 cm³/mol. The molecule has 2 spiro atoms. The van der Waals surface area contributed by atoms with Gasteiger partial charge in [-0.3, -0.25) is 0 Å². The SMILES string of the molecule is CN(C)C1CC23CCC4(O2)C(=CCC2(C)C(c5ccc6nc(N)[nH]c6c5)=CCC24)CC3(F)C(O)C1O. The lowest BCUT2D eigenvalue weighted by molar-refractivity contribution is -0.282. The minimum absolute atomic E-state index is 0.132. The molecule has 1 saturated carbocycles. The summed E-state index contributed by atoms with van der Waals surface area (Å²) < 4.78 is 23.9. The van der Waals surface area contributed by atoms with Gasteiger partial charge in [-0.2, -0.15) is 0 Å². The van der Waals surface area contributed by atoms with Crippen LogP contribution in [0.25, 0.3) is 16.6 Å². The zero-order valence-electron chi connectivity index (χ0n) is 21.1. The Labute approximate surface area is 210 Å². The van der Waals surface area contributed by atoms with E-state index in [0.29, 0.717) is 18.8 Å². The largest absolute Gasteiger partial charge is 0.389 e. The molecule has 3 aliphatic carbocycles. The fourth-order valence-corrected chi connectivity index (χ4v) is 8.63. The molecule has 8 unspecified atom stereocenters. The Hall–Kier alpha value is -2.26. The lowest BCUT2D eigenvalue weighted by Gasteiger charge is -2.61. The third-order valence-corrected chi connectivity index (χ3v) is 10.5. The molecule has 192 valence electrons. The molecule has 2 saturated heterocycles. The summed E-state index contributed by atoms with van der Waals surface area (Å²) in [6, 6.07) is 5.89. The smallest absolute Gasteiger partial charge is 0.198 e. The first kappa shape index (κ1) is 22.9. The average molecular weight is 495 g/mol. The number of nitrogens with zero attached hydrogens (tertiary/aromatic N) is 2. The van der Waals surface area contributed by atoms with Crippen molar-refractivity contribution in [2.45, 2.75) is 80.6 Å². The number of aromatic nitrogens is 2. The first-order valence-electron chi connectivity index (χ1n) is 13.1. The molecular weight excluding hydrogens is 459 g/mol. The molecule has 7 rings (SSSR count). The first-order valence-corrected chi connectivity index (χ1v) is 13.1. The summed E-state index contributed by atoms with van der Waals surface area (Å²) in [4.78, 5) is 9.37. The quantitative estimate of drug-likeness (QED) is 0.477. The molecule has 5 aliphatic rings. The van der Waals surface area contributed by atoms with E-state index in [4.69, 9.17) is 10.5 Å². The summed E-state index contributed by atoms with van der Waals surface area (Å²) >= 11 is 0. The highest BCUT2D eigenvalue weighted by atomic mass is 19.1. The van der Waals surface area contributed by atoms with Crippen molar-refractivity contribution in [3.05, 3.63) is 41.5 Å². The number of likely N-dealkylation sites (N-methyl/N-ethyl adjacent to an activating group) is 1. The molecule has 1 aromatic heterocycles. The first-order chi connectivity index (χ1) is 17.0. The van der Waals surface area contributed by atoms with Gasteiger partial charge in [-0.05, 0) is 75.0 Å². The van der Waals surface area contributed by atoms with Crippen molar-refractivity contribution in [1.82, 2.24) is 14.9 Å². The van der Waals surface area contributed by atoms with E-state index in [0.717, 1.165) is 41.4 Å². The highest BCUT2D eigenvalue weighted by Crippen LogP contribution is 2.70. The summed E-state index contributed by atoms with van der Waals surface area (Å²) in [5, 5.41) is 21.9. The van der Waals surface area contributed by atoms with E-state index < -0.39 is 29.1 Å². The lowest BCUT2D eigenvalue weighted by Crippen LogP contribution is -2.73. The maximum Gasteiger partial charge on any atom is 0.198 e. The number of allylic oxidation sites excluding steroid dienone is 3. The monoisotopic (exact) mass is 494 g/mol. The Morgan fingerprint density at radius 3 is 2.81 bits per heavy atom. The standard InChI is InChI=1S/C28H35FN4O3/c1-25-9-8-16-13-28(29)23(35)22(34)20(33(2)3)14-26(28)10-11-27(16,36-26)21(25)7-5-17(25)15-4-6-18-19(12-15)32-24(30)31-18/h4-6,8,12,20-23,34-35H,7,9-11,13-14H2,1-3H3,(H3,30,31,32). The molecule has 36 heavy (non-hydrogen) atoms. The average Bonchev–Trinajstić information content (AvgIpc) is 3.49. The molecule has 0 radical (unpaired) electrons. The number of halogens is 1. The number of ether oxygens (including phenoxy) is 1. The van der Waals surface area contributed by atoms with Crippen molar-refractivity contribution in [3.8, 4) is 0 Å². The van der Waals surface area contributed by atoms with Gasteiger partial charge in [-0.25, -0.2) is 9.37 Å². The Kier molecular flexibility index (Phi) is 4.44. The maximum atomic E-state index is 16.9. The number of benzene rings is 1. The third kappa shape index (κ3) is 2.58. The Morgan fingerprint density at radius 1 is 1.22 bits per heavy atom. The number of H-pyrrole nitrogens is 1. The second kappa shape index (κ2) is 6.98. The second-order valence-corrected chi connectivity index (χ2v) is 12.3. The number of aliphatic hydroxyl groups excluding tert-OH is 2. The van der Waals surface area contributed by atoms with E-state index in [1.165, 1.54) is 5.57 Å². The van der Waals surface area contributed by atoms with Gasteiger partial charge in [0.15, 0.2) is 11.6 Å². The molecule has 3 fully saturated rings. The number of anilines is 1. The summed E-state index contributed by atoms with van der Waals surface area (Å²) in [5.74, 6) is 0.599. The van der Waals surface area contributed by atoms with Crippen LogP contribution in [0.2, 0.25) is 0 Å². The van der Waals surface area contributed by atoms with Crippen molar-refractivity contribution < 1.29 is 19.3 Å². The van der Waals surface area contributed by atoms with Gasteiger partial charge < -0.3 is 30.6 Å². The number of nitrogen functional groups attached to an aromatic ring is 1. The minimum atomic E-state index is -1.99. The maximum absolute atomic E-state index is 16.9. The van der Waals surface area contributed by atoms with Crippen molar-refractivity contribution in [1.29, 1.82) is 0 Å². The van der Waals surface area contributed by atoms with Crippen LogP contribution < -0.4 is 5.73 Å². The van der Waals surface area contributed by atoms with E-state index in [1.54, 1.807) is 0 Å². The Morgan fingerprint density at radius 2 is 2.03 bits per heavy atom. The van der Waals surface area contributed by atoms with Crippen LogP contribution in [0.4, 0.5) is 10.3 Å². The Balaban J connectivity index is 1.29. The van der Waals surface area contributed by atoms with Crippen LogP contribution in [-0.4, -0.2) is 74.3 Å². The fraction of sp³-hybridized carbons (Fsp3) is 0.607. The number of aliphatic hydroxyl groups is 2. The van der Waals surface area contributed by atoms with Crippen LogP contribution >= 0.6 is 0 Å². The molecule has 1 aromatic carbocycles. The summed E-state index contributed by atoms with van der Waals surface area (Å²) in [6.45, 7) is 2.32. The number of aromatic amines is 1. The van der Waals surface area contributed by atoms with Crippen molar-refractivity contribution in [2.75, 3.05) is 19.8 Å². The zero-order valence-corrected chi connectivity index (χ0v) is 21.1. The number of imidazole rings is 1. The van der Waals surface area contributed by atoms with Crippen LogP contribution in [0.1, 0.15) is 51.0 Å². The summed E-state index contributed by atoms with van der Waals surface area (Å²) in [6.07, 6.45) is 5.35. The van der Waals surface area contributed by atoms with E-state index in [9.17, 15) is 10.2 Å². The number of fused-ring (bicyclic) bond motifs is 2. The molecule has 0 amide bonds. The number of rotatable bonds is 2. The number of alkyl halides is 1. The van der Waals surface area contributed by atoms with Crippen LogP contribution in [0.3, 0.4) is 0 Å². The van der Waals surface area contributed by atoms with E-state index >= 15 is 4.39 Å². The van der Waals surface area contributed by atoms with Gasteiger partial charge in [-0.15, -0.1) is 0 Å². The van der Waals surface area contributed by atoms with Gasteiger partial charge in [0.05, 0.1) is 22.7 Å². The number of hydrogen-bond donors (Lipinski definition) is 4. The number of nitrogens with one attached hydrogen (secondary N) is 1.